The molecule has 0 unspecified atom stereocenters. The van der Waals surface area contributed by atoms with E-state index in [9.17, 15) is 13.9 Å². The van der Waals surface area contributed by atoms with E-state index in [0.29, 0.717) is 18.8 Å². The SMILES string of the molecule is CCCC1CCC(C2CCC(O)(c3c(F)cccc3F)CC2)CC1. The van der Waals surface area contributed by atoms with Crippen molar-refractivity contribution in [1.29, 1.82) is 0 Å². The van der Waals surface area contributed by atoms with Gasteiger partial charge in [0.15, 0.2) is 0 Å². The standard InChI is InChI=1S/C21H30F2O/c1-2-4-15-7-9-16(10-8-15)17-11-13-21(24,14-12-17)20-18(22)5-3-6-19(20)23/h3,5-6,15-17,24H,2,4,7-14H2,1H3. The van der Waals surface area contributed by atoms with Gasteiger partial charge in [-0.05, 0) is 68.4 Å². The number of halogens is 2. The maximum Gasteiger partial charge on any atom is 0.132 e. The van der Waals surface area contributed by atoms with Crippen LogP contribution in [0.3, 0.4) is 0 Å². The van der Waals surface area contributed by atoms with E-state index in [1.165, 1.54) is 56.7 Å². The lowest BCUT2D eigenvalue weighted by atomic mass is 9.66. The fraction of sp³-hybridized carbons (Fsp3) is 0.714. The molecule has 0 aromatic heterocycles. The summed E-state index contributed by atoms with van der Waals surface area (Å²) < 4.78 is 28.1. The highest BCUT2D eigenvalue weighted by Crippen LogP contribution is 2.47. The molecular weight excluding hydrogens is 306 g/mol. The fourth-order valence-electron chi connectivity index (χ4n) is 5.14. The number of hydrogen-bond donors (Lipinski definition) is 1. The van der Waals surface area contributed by atoms with Crippen LogP contribution in [-0.2, 0) is 5.60 Å². The van der Waals surface area contributed by atoms with E-state index in [1.54, 1.807) is 0 Å². The highest BCUT2D eigenvalue weighted by Gasteiger charge is 2.41. The largest absolute Gasteiger partial charge is 0.385 e. The molecule has 2 fully saturated rings. The van der Waals surface area contributed by atoms with Crippen LogP contribution >= 0.6 is 0 Å². The predicted octanol–water partition coefficient (Wildman–Crippen LogP) is 5.95. The summed E-state index contributed by atoms with van der Waals surface area (Å²) in [5.41, 5.74) is -1.44. The van der Waals surface area contributed by atoms with Crippen molar-refractivity contribution in [3.8, 4) is 0 Å². The van der Waals surface area contributed by atoms with E-state index >= 15 is 0 Å². The quantitative estimate of drug-likeness (QED) is 0.720. The van der Waals surface area contributed by atoms with Crippen LogP contribution in [0.1, 0.15) is 76.7 Å². The average molecular weight is 336 g/mol. The van der Waals surface area contributed by atoms with E-state index in [2.05, 4.69) is 6.92 Å². The maximum absolute atomic E-state index is 14.0. The van der Waals surface area contributed by atoms with Gasteiger partial charge in [0, 0.05) is 0 Å². The number of benzene rings is 1. The van der Waals surface area contributed by atoms with Crippen molar-refractivity contribution >= 4 is 0 Å². The minimum Gasteiger partial charge on any atom is -0.385 e. The molecule has 0 amide bonds. The minimum atomic E-state index is -1.33. The number of hydrogen-bond acceptors (Lipinski definition) is 1. The molecule has 0 radical (unpaired) electrons. The Kier molecular flexibility index (Phi) is 5.59. The van der Waals surface area contributed by atoms with Gasteiger partial charge in [0.05, 0.1) is 11.2 Å². The van der Waals surface area contributed by atoms with E-state index in [0.717, 1.165) is 24.7 Å². The molecule has 0 bridgehead atoms. The summed E-state index contributed by atoms with van der Waals surface area (Å²) in [6.45, 7) is 2.26. The van der Waals surface area contributed by atoms with Gasteiger partial charge in [-0.2, -0.15) is 0 Å². The first kappa shape index (κ1) is 17.8. The molecule has 0 atom stereocenters. The Morgan fingerprint density at radius 1 is 0.958 bits per heavy atom. The number of aliphatic hydroxyl groups is 1. The molecule has 1 aromatic rings. The summed E-state index contributed by atoms with van der Waals surface area (Å²) in [6, 6.07) is 3.85. The molecule has 0 heterocycles. The van der Waals surface area contributed by atoms with E-state index < -0.39 is 17.2 Å². The van der Waals surface area contributed by atoms with Gasteiger partial charge in [0.1, 0.15) is 11.6 Å². The van der Waals surface area contributed by atoms with E-state index in [1.807, 2.05) is 0 Å². The second-order valence-corrected chi connectivity index (χ2v) is 8.04. The van der Waals surface area contributed by atoms with Gasteiger partial charge in [-0.25, -0.2) is 8.78 Å². The summed E-state index contributed by atoms with van der Waals surface area (Å²) in [5.74, 6) is 1.03. The lowest BCUT2D eigenvalue weighted by Gasteiger charge is -2.41. The fourth-order valence-corrected chi connectivity index (χ4v) is 5.14. The Balaban J connectivity index is 1.60. The van der Waals surface area contributed by atoms with Crippen LogP contribution < -0.4 is 0 Å². The lowest BCUT2D eigenvalue weighted by Crippen LogP contribution is -2.36. The molecule has 1 N–H and O–H groups in total. The summed E-state index contributed by atoms with van der Waals surface area (Å²) in [7, 11) is 0. The van der Waals surface area contributed by atoms with Crippen LogP contribution in [-0.4, -0.2) is 5.11 Å². The third-order valence-electron chi connectivity index (χ3n) is 6.54. The summed E-state index contributed by atoms with van der Waals surface area (Å²) in [6.07, 6.45) is 10.6. The van der Waals surface area contributed by atoms with Gasteiger partial charge in [0.2, 0.25) is 0 Å². The average Bonchev–Trinajstić information content (AvgIpc) is 2.56. The smallest absolute Gasteiger partial charge is 0.132 e. The highest BCUT2D eigenvalue weighted by atomic mass is 19.1. The Hall–Kier alpha value is -0.960. The molecule has 0 aliphatic heterocycles. The lowest BCUT2D eigenvalue weighted by molar-refractivity contribution is -0.0312. The summed E-state index contributed by atoms with van der Waals surface area (Å²) in [5, 5.41) is 10.9. The first-order valence-corrected chi connectivity index (χ1v) is 9.70. The summed E-state index contributed by atoms with van der Waals surface area (Å²) in [4.78, 5) is 0. The molecule has 2 saturated carbocycles. The molecule has 134 valence electrons. The topological polar surface area (TPSA) is 20.2 Å². The van der Waals surface area contributed by atoms with E-state index in [-0.39, 0.29) is 5.56 Å². The van der Waals surface area contributed by atoms with Crippen LogP contribution in [0, 0.1) is 29.4 Å². The zero-order valence-corrected chi connectivity index (χ0v) is 14.7. The van der Waals surface area contributed by atoms with Crippen molar-refractivity contribution in [3.05, 3.63) is 35.4 Å². The normalized spacial score (nSPS) is 34.2. The van der Waals surface area contributed by atoms with Gasteiger partial charge < -0.3 is 5.11 Å². The molecule has 0 saturated heterocycles. The van der Waals surface area contributed by atoms with E-state index in [4.69, 9.17) is 0 Å². The van der Waals surface area contributed by atoms with Crippen LogP contribution in [0.2, 0.25) is 0 Å². The van der Waals surface area contributed by atoms with Crippen LogP contribution in [0.25, 0.3) is 0 Å². The first-order valence-electron chi connectivity index (χ1n) is 9.70. The maximum atomic E-state index is 14.0. The molecule has 2 aliphatic rings. The van der Waals surface area contributed by atoms with Gasteiger partial charge >= 0.3 is 0 Å². The monoisotopic (exact) mass is 336 g/mol. The molecule has 3 rings (SSSR count). The zero-order chi connectivity index (χ0) is 17.2. The van der Waals surface area contributed by atoms with Crippen molar-refractivity contribution in [2.24, 2.45) is 17.8 Å². The second-order valence-electron chi connectivity index (χ2n) is 8.04. The molecular formula is C21H30F2O. The molecule has 0 spiro atoms. The summed E-state index contributed by atoms with van der Waals surface area (Å²) >= 11 is 0. The van der Waals surface area contributed by atoms with Crippen molar-refractivity contribution in [3.63, 3.8) is 0 Å². The van der Waals surface area contributed by atoms with Gasteiger partial charge in [0.25, 0.3) is 0 Å². The van der Waals surface area contributed by atoms with Gasteiger partial charge in [-0.3, -0.25) is 0 Å². The Bertz CT molecular complexity index is 521. The third kappa shape index (κ3) is 3.66. The molecule has 3 heteroatoms. The Morgan fingerprint density at radius 3 is 2.04 bits per heavy atom. The molecule has 2 aliphatic carbocycles. The van der Waals surface area contributed by atoms with Crippen molar-refractivity contribution in [2.75, 3.05) is 0 Å². The molecule has 1 nitrogen and oxygen atoms in total. The van der Waals surface area contributed by atoms with Gasteiger partial charge in [-0.1, -0.05) is 38.7 Å². The van der Waals surface area contributed by atoms with Crippen LogP contribution in [0.15, 0.2) is 18.2 Å². The second kappa shape index (κ2) is 7.51. The highest BCUT2D eigenvalue weighted by molar-refractivity contribution is 5.26. The molecule has 1 aromatic carbocycles. The zero-order valence-electron chi connectivity index (χ0n) is 14.7. The minimum absolute atomic E-state index is 0.116. The predicted molar refractivity (Wildman–Crippen MR) is 92.6 cm³/mol. The Labute approximate surface area is 144 Å². The van der Waals surface area contributed by atoms with Crippen molar-refractivity contribution in [1.82, 2.24) is 0 Å². The van der Waals surface area contributed by atoms with Crippen LogP contribution in [0.4, 0.5) is 8.78 Å². The molecule has 24 heavy (non-hydrogen) atoms. The van der Waals surface area contributed by atoms with Crippen LogP contribution in [0.5, 0.6) is 0 Å². The third-order valence-corrected chi connectivity index (χ3v) is 6.54. The van der Waals surface area contributed by atoms with Crippen molar-refractivity contribution < 1.29 is 13.9 Å². The van der Waals surface area contributed by atoms with Gasteiger partial charge in [-0.15, -0.1) is 0 Å². The first-order chi connectivity index (χ1) is 11.5. The number of rotatable bonds is 4. The van der Waals surface area contributed by atoms with Crippen molar-refractivity contribution in [2.45, 2.75) is 76.7 Å². The Morgan fingerprint density at radius 2 is 1.50 bits per heavy atom.